The van der Waals surface area contributed by atoms with Crippen molar-refractivity contribution >= 4 is 27.5 Å². The van der Waals surface area contributed by atoms with Gasteiger partial charge in [0.1, 0.15) is 0 Å². The Hall–Kier alpha value is -1.94. The van der Waals surface area contributed by atoms with Gasteiger partial charge in [-0.1, -0.05) is 29.5 Å². The fourth-order valence-corrected chi connectivity index (χ4v) is 4.80. The number of aromatic nitrogens is 4. The Morgan fingerprint density at radius 1 is 1.38 bits per heavy atom. The summed E-state index contributed by atoms with van der Waals surface area (Å²) in [6.07, 6.45) is 0.472. The van der Waals surface area contributed by atoms with Crippen molar-refractivity contribution < 1.29 is 13.2 Å². The van der Waals surface area contributed by atoms with Gasteiger partial charge >= 0.3 is 0 Å². The molecule has 10 heteroatoms. The molecular formula is C14H17N5O3S2. The van der Waals surface area contributed by atoms with E-state index in [1.165, 1.54) is 11.8 Å². The van der Waals surface area contributed by atoms with E-state index < -0.39 is 9.84 Å². The van der Waals surface area contributed by atoms with Crippen LogP contribution >= 0.6 is 11.8 Å². The second-order valence-electron chi connectivity index (χ2n) is 5.66. The van der Waals surface area contributed by atoms with Gasteiger partial charge in [-0.05, 0) is 35.9 Å². The lowest BCUT2D eigenvalue weighted by Crippen LogP contribution is -2.36. The molecule has 0 radical (unpaired) electrons. The molecule has 0 spiro atoms. The van der Waals surface area contributed by atoms with Crippen molar-refractivity contribution in [3.05, 3.63) is 29.8 Å². The van der Waals surface area contributed by atoms with Crippen molar-refractivity contribution in [2.24, 2.45) is 0 Å². The molecule has 1 aliphatic rings. The summed E-state index contributed by atoms with van der Waals surface area (Å²) in [5.74, 6) is 0.0601. The fourth-order valence-electron chi connectivity index (χ4n) is 2.43. The summed E-state index contributed by atoms with van der Waals surface area (Å²) in [5, 5.41) is 14.8. The maximum absolute atomic E-state index is 12.0. The highest BCUT2D eigenvalue weighted by Gasteiger charge is 2.28. The average Bonchev–Trinajstić information content (AvgIpc) is 3.12. The number of thioether (sulfide) groups is 1. The van der Waals surface area contributed by atoms with Crippen LogP contribution in [0.4, 0.5) is 0 Å². The molecule has 24 heavy (non-hydrogen) atoms. The largest absolute Gasteiger partial charge is 0.352 e. The van der Waals surface area contributed by atoms with Gasteiger partial charge in [0.15, 0.2) is 9.84 Å². The molecule has 3 rings (SSSR count). The Morgan fingerprint density at radius 2 is 2.12 bits per heavy atom. The summed E-state index contributed by atoms with van der Waals surface area (Å²) >= 11 is 1.21. The number of benzene rings is 1. The van der Waals surface area contributed by atoms with Gasteiger partial charge < -0.3 is 5.32 Å². The number of sulfone groups is 1. The van der Waals surface area contributed by atoms with E-state index in [2.05, 4.69) is 20.8 Å². The first-order chi connectivity index (χ1) is 11.4. The zero-order valence-electron chi connectivity index (χ0n) is 13.0. The lowest BCUT2D eigenvalue weighted by Gasteiger charge is -2.10. The molecule has 1 aliphatic heterocycles. The van der Waals surface area contributed by atoms with E-state index in [-0.39, 0.29) is 29.2 Å². The summed E-state index contributed by atoms with van der Waals surface area (Å²) in [6, 6.07) is 7.42. The molecule has 1 atom stereocenters. The summed E-state index contributed by atoms with van der Waals surface area (Å²) in [6.45, 7) is 1.99. The summed E-state index contributed by atoms with van der Waals surface area (Å²) in [7, 11) is -3.00. The average molecular weight is 367 g/mol. The third-order valence-corrected chi connectivity index (χ3v) is 6.34. The smallest absolute Gasteiger partial charge is 0.230 e. The summed E-state index contributed by atoms with van der Waals surface area (Å²) in [4.78, 5) is 12.0. The van der Waals surface area contributed by atoms with Crippen molar-refractivity contribution in [2.45, 2.75) is 24.5 Å². The van der Waals surface area contributed by atoms with Gasteiger partial charge in [0, 0.05) is 6.04 Å². The number of aryl methyl sites for hydroxylation is 1. The number of nitrogens with zero attached hydrogens (tertiary/aromatic N) is 4. The molecule has 1 N–H and O–H groups in total. The highest BCUT2D eigenvalue weighted by molar-refractivity contribution is 7.99. The third kappa shape index (κ3) is 4.12. The first-order valence-electron chi connectivity index (χ1n) is 7.41. The normalized spacial score (nSPS) is 19.3. The van der Waals surface area contributed by atoms with E-state index in [1.807, 2.05) is 31.2 Å². The van der Waals surface area contributed by atoms with Crippen LogP contribution in [0.5, 0.6) is 0 Å². The predicted octanol–water partition coefficient (Wildman–Crippen LogP) is 0.366. The number of amides is 1. The van der Waals surface area contributed by atoms with Crippen LogP contribution in [0, 0.1) is 6.92 Å². The zero-order chi connectivity index (χ0) is 17.2. The maximum Gasteiger partial charge on any atom is 0.230 e. The SMILES string of the molecule is Cc1ccc(-n2nnnc2SCC(=O)N[C@H]2CCS(=O)(=O)C2)cc1. The van der Waals surface area contributed by atoms with Crippen LogP contribution < -0.4 is 5.32 Å². The second kappa shape index (κ2) is 6.89. The molecule has 2 aromatic rings. The molecule has 1 saturated heterocycles. The highest BCUT2D eigenvalue weighted by atomic mass is 32.2. The molecule has 8 nitrogen and oxygen atoms in total. The van der Waals surface area contributed by atoms with E-state index in [0.717, 1.165) is 11.3 Å². The van der Waals surface area contributed by atoms with Gasteiger partial charge in [-0.3, -0.25) is 4.79 Å². The Kier molecular flexibility index (Phi) is 4.86. The van der Waals surface area contributed by atoms with Crippen molar-refractivity contribution in [3.63, 3.8) is 0 Å². The van der Waals surface area contributed by atoms with Gasteiger partial charge in [0.25, 0.3) is 0 Å². The second-order valence-corrected chi connectivity index (χ2v) is 8.84. The van der Waals surface area contributed by atoms with Crippen LogP contribution in [-0.2, 0) is 14.6 Å². The summed E-state index contributed by atoms with van der Waals surface area (Å²) < 4.78 is 24.4. The molecule has 1 aromatic carbocycles. The Labute approximate surface area is 143 Å². The van der Waals surface area contributed by atoms with E-state index in [4.69, 9.17) is 0 Å². The number of carbonyl (C=O) groups excluding carboxylic acids is 1. The Bertz CT molecular complexity index is 832. The number of rotatable bonds is 5. The van der Waals surface area contributed by atoms with Gasteiger partial charge in [0.2, 0.25) is 11.1 Å². The number of tetrazole rings is 1. The van der Waals surface area contributed by atoms with Crippen molar-refractivity contribution in [2.75, 3.05) is 17.3 Å². The van der Waals surface area contributed by atoms with Gasteiger partial charge in [-0.25, -0.2) is 8.42 Å². The van der Waals surface area contributed by atoms with Crippen LogP contribution in [0.2, 0.25) is 0 Å². The standard InChI is InChI=1S/C14H17N5O3S2/c1-10-2-4-12(5-3-10)19-14(16-17-18-19)23-8-13(20)15-11-6-7-24(21,22)9-11/h2-5,11H,6-9H2,1H3,(H,15,20)/t11-/m0/s1. The van der Waals surface area contributed by atoms with Crippen molar-refractivity contribution in [1.82, 2.24) is 25.5 Å². The molecule has 0 aliphatic carbocycles. The van der Waals surface area contributed by atoms with Gasteiger partial charge in [-0.2, -0.15) is 4.68 Å². The minimum atomic E-state index is -3.00. The third-order valence-electron chi connectivity index (χ3n) is 3.65. The molecule has 0 bridgehead atoms. The van der Waals surface area contributed by atoms with Crippen molar-refractivity contribution in [3.8, 4) is 5.69 Å². The van der Waals surface area contributed by atoms with Crippen molar-refractivity contribution in [1.29, 1.82) is 0 Å². The fraction of sp³-hybridized carbons (Fsp3) is 0.429. The van der Waals surface area contributed by atoms with Crippen LogP contribution in [0.3, 0.4) is 0 Å². The number of hydrogen-bond acceptors (Lipinski definition) is 7. The quantitative estimate of drug-likeness (QED) is 0.761. The van der Waals surface area contributed by atoms with E-state index >= 15 is 0 Å². The molecule has 2 heterocycles. The highest BCUT2D eigenvalue weighted by Crippen LogP contribution is 2.18. The number of hydrogen-bond donors (Lipinski definition) is 1. The van der Waals surface area contributed by atoms with E-state index in [0.29, 0.717) is 11.6 Å². The first-order valence-corrected chi connectivity index (χ1v) is 10.2. The molecule has 128 valence electrons. The lowest BCUT2D eigenvalue weighted by atomic mass is 10.2. The van der Waals surface area contributed by atoms with Crippen LogP contribution in [-0.4, -0.2) is 57.8 Å². The Morgan fingerprint density at radius 3 is 2.79 bits per heavy atom. The topological polar surface area (TPSA) is 107 Å². The molecule has 1 aromatic heterocycles. The molecule has 1 amide bonds. The van der Waals surface area contributed by atoms with Crippen LogP contribution in [0.25, 0.3) is 5.69 Å². The van der Waals surface area contributed by atoms with E-state index in [1.54, 1.807) is 4.68 Å². The summed E-state index contributed by atoms with van der Waals surface area (Å²) in [5.41, 5.74) is 1.95. The maximum atomic E-state index is 12.0. The molecular weight excluding hydrogens is 350 g/mol. The minimum absolute atomic E-state index is 0.0184. The van der Waals surface area contributed by atoms with E-state index in [9.17, 15) is 13.2 Å². The predicted molar refractivity (Wildman–Crippen MR) is 89.8 cm³/mol. The Balaban J connectivity index is 1.58. The molecule has 0 saturated carbocycles. The zero-order valence-corrected chi connectivity index (χ0v) is 14.7. The number of carbonyl (C=O) groups is 1. The first kappa shape index (κ1) is 16.9. The van der Waals surface area contributed by atoms with Crippen LogP contribution in [0.15, 0.2) is 29.4 Å². The van der Waals surface area contributed by atoms with Crippen LogP contribution in [0.1, 0.15) is 12.0 Å². The van der Waals surface area contributed by atoms with Gasteiger partial charge in [-0.15, -0.1) is 5.10 Å². The molecule has 0 unspecified atom stereocenters. The van der Waals surface area contributed by atoms with Gasteiger partial charge in [0.05, 0.1) is 22.9 Å². The number of nitrogens with one attached hydrogen (secondary N) is 1. The lowest BCUT2D eigenvalue weighted by molar-refractivity contribution is -0.119. The minimum Gasteiger partial charge on any atom is -0.352 e. The molecule has 1 fully saturated rings. The monoisotopic (exact) mass is 367 g/mol.